The maximum Gasteiger partial charge on any atom is 0.220 e. The highest BCUT2D eigenvalue weighted by Crippen LogP contribution is 2.18. The first-order chi connectivity index (χ1) is 11.1. The Kier molecular flexibility index (Phi) is 6.11. The highest BCUT2D eigenvalue weighted by atomic mass is 19.1. The van der Waals surface area contributed by atoms with Crippen LogP contribution in [-0.2, 0) is 11.2 Å². The monoisotopic (exact) mass is 316 g/mol. The smallest absolute Gasteiger partial charge is 0.220 e. The summed E-state index contributed by atoms with van der Waals surface area (Å²) in [6.45, 7) is 0.375. The Morgan fingerprint density at radius 3 is 2.65 bits per heavy atom. The standard InChI is InChI=1S/C18H21FN2O2/c1-23-17-9-7-13(11-15(17)19)8-10-18(22)21-12-16(20)14-5-3-2-4-6-14/h2-7,9,11,16H,8,10,12,20H2,1H3,(H,21,22). The Balaban J connectivity index is 1.78. The van der Waals surface area contributed by atoms with E-state index in [-0.39, 0.29) is 24.1 Å². The van der Waals surface area contributed by atoms with E-state index < -0.39 is 5.82 Å². The van der Waals surface area contributed by atoms with Crippen molar-refractivity contribution in [2.75, 3.05) is 13.7 Å². The predicted molar refractivity (Wildman–Crippen MR) is 87.7 cm³/mol. The Bertz CT molecular complexity index is 647. The van der Waals surface area contributed by atoms with Crippen molar-refractivity contribution in [1.82, 2.24) is 5.32 Å². The molecule has 0 heterocycles. The number of carbonyl (C=O) groups excluding carboxylic acids is 1. The Morgan fingerprint density at radius 2 is 2.00 bits per heavy atom. The van der Waals surface area contributed by atoms with Crippen molar-refractivity contribution in [2.24, 2.45) is 5.73 Å². The van der Waals surface area contributed by atoms with Gasteiger partial charge in [-0.25, -0.2) is 4.39 Å². The number of rotatable bonds is 7. The minimum absolute atomic E-state index is 0.104. The highest BCUT2D eigenvalue weighted by Gasteiger charge is 2.09. The van der Waals surface area contributed by atoms with E-state index in [0.29, 0.717) is 13.0 Å². The molecule has 4 nitrogen and oxygen atoms in total. The van der Waals surface area contributed by atoms with E-state index in [1.54, 1.807) is 12.1 Å². The summed E-state index contributed by atoms with van der Waals surface area (Å²) >= 11 is 0. The summed E-state index contributed by atoms with van der Waals surface area (Å²) in [7, 11) is 1.42. The molecule has 2 aromatic carbocycles. The lowest BCUT2D eigenvalue weighted by atomic mass is 10.1. The summed E-state index contributed by atoms with van der Waals surface area (Å²) in [5.41, 5.74) is 7.76. The minimum Gasteiger partial charge on any atom is -0.494 e. The van der Waals surface area contributed by atoms with Crippen molar-refractivity contribution in [2.45, 2.75) is 18.9 Å². The summed E-state index contributed by atoms with van der Waals surface area (Å²) in [6.07, 6.45) is 0.751. The molecule has 1 unspecified atom stereocenters. The molecule has 1 atom stereocenters. The SMILES string of the molecule is COc1ccc(CCC(=O)NCC(N)c2ccccc2)cc1F. The van der Waals surface area contributed by atoms with Crippen LogP contribution in [0, 0.1) is 5.82 Å². The lowest BCUT2D eigenvalue weighted by Gasteiger charge is -2.13. The van der Waals surface area contributed by atoms with E-state index in [1.807, 2.05) is 30.3 Å². The van der Waals surface area contributed by atoms with Crippen LogP contribution in [0.3, 0.4) is 0 Å². The molecular weight excluding hydrogens is 295 g/mol. The van der Waals surface area contributed by atoms with E-state index in [0.717, 1.165) is 11.1 Å². The van der Waals surface area contributed by atoms with E-state index in [2.05, 4.69) is 5.32 Å². The quantitative estimate of drug-likeness (QED) is 0.825. The Labute approximate surface area is 135 Å². The molecule has 2 rings (SSSR count). The van der Waals surface area contributed by atoms with Gasteiger partial charge in [-0.15, -0.1) is 0 Å². The molecule has 23 heavy (non-hydrogen) atoms. The van der Waals surface area contributed by atoms with Gasteiger partial charge in [-0.05, 0) is 29.7 Å². The zero-order chi connectivity index (χ0) is 16.7. The van der Waals surface area contributed by atoms with Crippen LogP contribution in [0.1, 0.15) is 23.6 Å². The van der Waals surface area contributed by atoms with Crippen molar-refractivity contribution in [3.63, 3.8) is 0 Å². The topological polar surface area (TPSA) is 64.3 Å². The summed E-state index contributed by atoms with van der Waals surface area (Å²) < 4.78 is 18.4. The van der Waals surface area contributed by atoms with Gasteiger partial charge in [0.15, 0.2) is 11.6 Å². The van der Waals surface area contributed by atoms with E-state index >= 15 is 0 Å². The number of aryl methyl sites for hydroxylation is 1. The predicted octanol–water partition coefficient (Wildman–Crippen LogP) is 2.58. The number of benzene rings is 2. The van der Waals surface area contributed by atoms with Gasteiger partial charge in [-0.3, -0.25) is 4.79 Å². The number of hydrogen-bond acceptors (Lipinski definition) is 3. The van der Waals surface area contributed by atoms with E-state index in [4.69, 9.17) is 10.5 Å². The first-order valence-electron chi connectivity index (χ1n) is 7.50. The van der Waals surface area contributed by atoms with Crippen LogP contribution in [0.15, 0.2) is 48.5 Å². The molecule has 0 saturated carbocycles. The third-order valence-electron chi connectivity index (χ3n) is 3.60. The lowest BCUT2D eigenvalue weighted by Crippen LogP contribution is -2.32. The summed E-state index contributed by atoms with van der Waals surface area (Å²) in [5, 5.41) is 2.81. The molecule has 0 spiro atoms. The molecule has 0 aliphatic rings. The fourth-order valence-electron chi connectivity index (χ4n) is 2.25. The zero-order valence-corrected chi connectivity index (χ0v) is 13.1. The van der Waals surface area contributed by atoms with Gasteiger partial charge in [0.2, 0.25) is 5.91 Å². The van der Waals surface area contributed by atoms with Gasteiger partial charge in [-0.2, -0.15) is 0 Å². The van der Waals surface area contributed by atoms with Crippen LogP contribution in [0.2, 0.25) is 0 Å². The van der Waals surface area contributed by atoms with Crippen molar-refractivity contribution < 1.29 is 13.9 Å². The molecule has 122 valence electrons. The average Bonchev–Trinajstić information content (AvgIpc) is 2.58. The van der Waals surface area contributed by atoms with Crippen LogP contribution >= 0.6 is 0 Å². The number of hydrogen-bond donors (Lipinski definition) is 2. The molecule has 0 fully saturated rings. The van der Waals surface area contributed by atoms with Gasteiger partial charge in [-0.1, -0.05) is 36.4 Å². The number of halogens is 1. The second kappa shape index (κ2) is 8.29. The number of nitrogens with one attached hydrogen (secondary N) is 1. The van der Waals surface area contributed by atoms with Gasteiger partial charge in [0, 0.05) is 19.0 Å². The average molecular weight is 316 g/mol. The van der Waals surface area contributed by atoms with Crippen LogP contribution in [0.4, 0.5) is 4.39 Å². The van der Waals surface area contributed by atoms with Crippen LogP contribution in [0.25, 0.3) is 0 Å². The molecule has 0 aromatic heterocycles. The van der Waals surface area contributed by atoms with Crippen molar-refractivity contribution in [3.8, 4) is 5.75 Å². The Hall–Kier alpha value is -2.40. The maximum atomic E-state index is 13.6. The third-order valence-corrected chi connectivity index (χ3v) is 3.60. The minimum atomic E-state index is -0.420. The number of methoxy groups -OCH3 is 1. The van der Waals surface area contributed by atoms with E-state index in [1.165, 1.54) is 13.2 Å². The number of carbonyl (C=O) groups is 1. The van der Waals surface area contributed by atoms with Crippen molar-refractivity contribution >= 4 is 5.91 Å². The summed E-state index contributed by atoms with van der Waals surface area (Å²) in [4.78, 5) is 11.9. The first-order valence-corrected chi connectivity index (χ1v) is 7.50. The molecule has 0 saturated heterocycles. The second-order valence-corrected chi connectivity index (χ2v) is 5.29. The maximum absolute atomic E-state index is 13.6. The van der Waals surface area contributed by atoms with Gasteiger partial charge in [0.25, 0.3) is 0 Å². The number of amides is 1. The second-order valence-electron chi connectivity index (χ2n) is 5.29. The fraction of sp³-hybridized carbons (Fsp3) is 0.278. The molecule has 0 aliphatic heterocycles. The molecule has 3 N–H and O–H groups in total. The number of nitrogens with two attached hydrogens (primary N) is 1. The van der Waals surface area contributed by atoms with Crippen molar-refractivity contribution in [1.29, 1.82) is 0 Å². The molecule has 0 bridgehead atoms. The Morgan fingerprint density at radius 1 is 1.26 bits per heavy atom. The molecule has 2 aromatic rings. The van der Waals surface area contributed by atoms with Crippen LogP contribution in [-0.4, -0.2) is 19.6 Å². The summed E-state index contributed by atoms with van der Waals surface area (Å²) in [5.74, 6) is -0.323. The van der Waals surface area contributed by atoms with Crippen LogP contribution < -0.4 is 15.8 Å². The molecule has 0 radical (unpaired) electrons. The third kappa shape index (κ3) is 5.07. The lowest BCUT2D eigenvalue weighted by molar-refractivity contribution is -0.121. The van der Waals surface area contributed by atoms with Gasteiger partial charge < -0.3 is 15.8 Å². The largest absolute Gasteiger partial charge is 0.494 e. The summed E-state index contributed by atoms with van der Waals surface area (Å²) in [6, 6.07) is 14.1. The zero-order valence-electron chi connectivity index (χ0n) is 13.1. The molecule has 0 aliphatic carbocycles. The van der Waals surface area contributed by atoms with Gasteiger partial charge in [0.1, 0.15) is 0 Å². The van der Waals surface area contributed by atoms with Crippen LogP contribution in [0.5, 0.6) is 5.75 Å². The van der Waals surface area contributed by atoms with Gasteiger partial charge >= 0.3 is 0 Å². The number of ether oxygens (including phenoxy) is 1. The first kappa shape index (κ1) is 17.0. The molecular formula is C18H21FN2O2. The molecule has 5 heteroatoms. The normalized spacial score (nSPS) is 11.8. The van der Waals surface area contributed by atoms with Gasteiger partial charge in [0.05, 0.1) is 7.11 Å². The molecule has 1 amide bonds. The van der Waals surface area contributed by atoms with Crippen molar-refractivity contribution in [3.05, 3.63) is 65.5 Å². The highest BCUT2D eigenvalue weighted by molar-refractivity contribution is 5.76. The van der Waals surface area contributed by atoms with E-state index in [9.17, 15) is 9.18 Å². The fourth-order valence-corrected chi connectivity index (χ4v) is 2.25.